The summed E-state index contributed by atoms with van der Waals surface area (Å²) in [5.74, 6) is 0. The maximum Gasteiger partial charge on any atom is 0.407 e. The van der Waals surface area contributed by atoms with Crippen molar-refractivity contribution in [2.75, 3.05) is 25.9 Å². The molecule has 30 heavy (non-hydrogen) atoms. The van der Waals surface area contributed by atoms with Crippen LogP contribution in [0.3, 0.4) is 0 Å². The van der Waals surface area contributed by atoms with Crippen molar-refractivity contribution in [3.8, 4) is 11.3 Å². The van der Waals surface area contributed by atoms with Gasteiger partial charge in [-0.15, -0.1) is 0 Å². The van der Waals surface area contributed by atoms with Crippen molar-refractivity contribution in [1.29, 1.82) is 0 Å². The molecule has 1 saturated heterocycles. The Kier molecular flexibility index (Phi) is 7.10. The third kappa shape index (κ3) is 5.58. The molecule has 1 aliphatic rings. The van der Waals surface area contributed by atoms with Crippen molar-refractivity contribution in [3.05, 3.63) is 48.2 Å². The number of benzene rings is 1. The highest BCUT2D eigenvalue weighted by Gasteiger charge is 2.26. The summed E-state index contributed by atoms with van der Waals surface area (Å²) in [5.41, 5.74) is 2.79. The molecular formula is C22H29N3O4S. The Morgan fingerprint density at radius 1 is 1.17 bits per heavy atom. The summed E-state index contributed by atoms with van der Waals surface area (Å²) in [5, 5.41) is 9.15. The molecule has 3 rings (SSSR count). The van der Waals surface area contributed by atoms with Gasteiger partial charge in [-0.3, -0.25) is 9.88 Å². The lowest BCUT2D eigenvalue weighted by Gasteiger charge is -2.37. The number of aromatic nitrogens is 1. The molecule has 0 aliphatic carbocycles. The molecule has 0 spiro atoms. The molecule has 0 radical (unpaired) electrons. The first kappa shape index (κ1) is 22.2. The average Bonchev–Trinajstić information content (AvgIpc) is 2.73. The number of carboxylic acid groups (broad SMARTS) is 1. The first-order valence-electron chi connectivity index (χ1n) is 10.2. The predicted molar refractivity (Wildman–Crippen MR) is 116 cm³/mol. The molecule has 0 bridgehead atoms. The number of piperidine rings is 1. The van der Waals surface area contributed by atoms with Gasteiger partial charge in [-0.1, -0.05) is 25.1 Å². The Bertz CT molecular complexity index is 951. The van der Waals surface area contributed by atoms with Gasteiger partial charge in [-0.2, -0.15) is 0 Å². The van der Waals surface area contributed by atoms with Crippen molar-refractivity contribution in [2.45, 2.75) is 43.7 Å². The van der Waals surface area contributed by atoms with E-state index >= 15 is 0 Å². The standard InChI is InChI=1S/C22H29N3O4S/c1-3-12-25(19-10-13-24(14-11-19)22(26)27)16-17-4-9-21(23-15-17)18-5-7-20(8-6-18)30(2,28)29/h4-9,15,19H,3,10-14,16H2,1-2H3,(H,26,27). The van der Waals surface area contributed by atoms with Gasteiger partial charge < -0.3 is 10.0 Å². The molecule has 1 aromatic heterocycles. The van der Waals surface area contributed by atoms with E-state index in [1.807, 2.05) is 12.3 Å². The third-order valence-electron chi connectivity index (χ3n) is 5.55. The van der Waals surface area contributed by atoms with Crippen LogP contribution in [0, 0.1) is 0 Å². The zero-order chi connectivity index (χ0) is 21.7. The van der Waals surface area contributed by atoms with E-state index in [1.54, 1.807) is 24.3 Å². The Hall–Kier alpha value is -2.45. The number of likely N-dealkylation sites (tertiary alicyclic amines) is 1. The summed E-state index contributed by atoms with van der Waals surface area (Å²) in [6, 6.07) is 11.2. The lowest BCUT2D eigenvalue weighted by atomic mass is 10.0. The second-order valence-electron chi connectivity index (χ2n) is 7.82. The van der Waals surface area contributed by atoms with E-state index in [9.17, 15) is 13.2 Å². The number of rotatable bonds is 7. The molecule has 8 heteroatoms. The van der Waals surface area contributed by atoms with Crippen LogP contribution in [0.2, 0.25) is 0 Å². The Morgan fingerprint density at radius 3 is 2.33 bits per heavy atom. The smallest absolute Gasteiger partial charge is 0.407 e. The predicted octanol–water partition coefficient (Wildman–Crippen LogP) is 3.51. The summed E-state index contributed by atoms with van der Waals surface area (Å²) >= 11 is 0. The minimum atomic E-state index is -3.21. The van der Waals surface area contributed by atoms with E-state index in [0.717, 1.165) is 49.2 Å². The van der Waals surface area contributed by atoms with Gasteiger partial charge in [0.05, 0.1) is 10.6 Å². The van der Waals surface area contributed by atoms with E-state index in [2.05, 4.69) is 22.9 Å². The second-order valence-corrected chi connectivity index (χ2v) is 9.84. The number of carbonyl (C=O) groups is 1. The maximum atomic E-state index is 11.6. The van der Waals surface area contributed by atoms with Crippen LogP contribution in [-0.2, 0) is 16.4 Å². The molecule has 1 N–H and O–H groups in total. The van der Waals surface area contributed by atoms with Crippen molar-refractivity contribution in [1.82, 2.24) is 14.8 Å². The first-order valence-corrected chi connectivity index (χ1v) is 12.1. The van der Waals surface area contributed by atoms with Gasteiger partial charge in [-0.25, -0.2) is 13.2 Å². The molecule has 2 aromatic rings. The molecular weight excluding hydrogens is 402 g/mol. The Morgan fingerprint density at radius 2 is 1.83 bits per heavy atom. The summed E-state index contributed by atoms with van der Waals surface area (Å²) in [6.07, 6.45) is 4.98. The van der Waals surface area contributed by atoms with Crippen LogP contribution >= 0.6 is 0 Å². The third-order valence-corrected chi connectivity index (χ3v) is 6.68. The minimum Gasteiger partial charge on any atom is -0.465 e. The molecule has 1 fully saturated rings. The zero-order valence-corrected chi connectivity index (χ0v) is 18.3. The molecule has 0 saturated carbocycles. The van der Waals surface area contributed by atoms with Crippen LogP contribution in [0.4, 0.5) is 4.79 Å². The van der Waals surface area contributed by atoms with Gasteiger partial charge in [0.25, 0.3) is 0 Å². The van der Waals surface area contributed by atoms with E-state index in [1.165, 1.54) is 11.2 Å². The van der Waals surface area contributed by atoms with Crippen LogP contribution < -0.4 is 0 Å². The first-order chi connectivity index (χ1) is 14.3. The summed E-state index contributed by atoms with van der Waals surface area (Å²) in [4.78, 5) is 19.9. The van der Waals surface area contributed by atoms with Gasteiger partial charge in [-0.05, 0) is 49.6 Å². The second kappa shape index (κ2) is 9.57. The van der Waals surface area contributed by atoms with Gasteiger partial charge in [0.2, 0.25) is 0 Å². The number of hydrogen-bond donors (Lipinski definition) is 1. The van der Waals surface area contributed by atoms with Gasteiger partial charge >= 0.3 is 6.09 Å². The van der Waals surface area contributed by atoms with Gasteiger partial charge in [0.15, 0.2) is 9.84 Å². The fourth-order valence-corrected chi connectivity index (χ4v) is 4.53. The normalized spacial score (nSPS) is 15.5. The number of amides is 1. The van der Waals surface area contributed by atoms with Crippen molar-refractivity contribution < 1.29 is 18.3 Å². The molecule has 1 amide bonds. The highest BCUT2D eigenvalue weighted by Crippen LogP contribution is 2.22. The van der Waals surface area contributed by atoms with E-state index in [-0.39, 0.29) is 0 Å². The maximum absolute atomic E-state index is 11.6. The van der Waals surface area contributed by atoms with Gasteiger partial charge in [0.1, 0.15) is 0 Å². The molecule has 162 valence electrons. The molecule has 7 nitrogen and oxygen atoms in total. The van der Waals surface area contributed by atoms with Crippen molar-refractivity contribution >= 4 is 15.9 Å². The van der Waals surface area contributed by atoms with Gasteiger partial charge in [0, 0.05) is 43.7 Å². The average molecular weight is 432 g/mol. The van der Waals surface area contributed by atoms with Crippen molar-refractivity contribution in [2.24, 2.45) is 0 Å². The SMILES string of the molecule is CCCN(Cc1ccc(-c2ccc(S(C)(=O)=O)cc2)nc1)C1CCN(C(=O)O)CC1. The summed E-state index contributed by atoms with van der Waals surface area (Å²) in [7, 11) is -3.21. The van der Waals surface area contributed by atoms with E-state index in [4.69, 9.17) is 5.11 Å². The molecule has 0 atom stereocenters. The molecule has 1 aliphatic heterocycles. The van der Waals surface area contributed by atoms with E-state index in [0.29, 0.717) is 24.0 Å². The summed E-state index contributed by atoms with van der Waals surface area (Å²) in [6.45, 7) is 5.07. The Labute approximate surface area is 178 Å². The lowest BCUT2D eigenvalue weighted by Crippen LogP contribution is -2.46. The quantitative estimate of drug-likeness (QED) is 0.721. The number of nitrogens with zero attached hydrogens (tertiary/aromatic N) is 3. The van der Waals surface area contributed by atoms with Crippen LogP contribution in [0.1, 0.15) is 31.7 Å². The number of pyridine rings is 1. The fourth-order valence-electron chi connectivity index (χ4n) is 3.90. The molecule has 2 heterocycles. The van der Waals surface area contributed by atoms with Crippen molar-refractivity contribution in [3.63, 3.8) is 0 Å². The largest absolute Gasteiger partial charge is 0.465 e. The lowest BCUT2D eigenvalue weighted by molar-refractivity contribution is 0.0911. The highest BCUT2D eigenvalue weighted by molar-refractivity contribution is 7.90. The minimum absolute atomic E-state index is 0.298. The molecule has 0 unspecified atom stereocenters. The van der Waals surface area contributed by atoms with E-state index < -0.39 is 15.9 Å². The number of sulfone groups is 1. The topological polar surface area (TPSA) is 90.8 Å². The van der Waals surface area contributed by atoms with Crippen LogP contribution in [-0.4, -0.2) is 66.3 Å². The summed E-state index contributed by atoms with van der Waals surface area (Å²) < 4.78 is 23.2. The monoisotopic (exact) mass is 431 g/mol. The highest BCUT2D eigenvalue weighted by atomic mass is 32.2. The number of hydrogen-bond acceptors (Lipinski definition) is 5. The zero-order valence-electron chi connectivity index (χ0n) is 17.5. The van der Waals surface area contributed by atoms with Crippen LogP contribution in [0.15, 0.2) is 47.5 Å². The van der Waals surface area contributed by atoms with Crippen LogP contribution in [0.5, 0.6) is 0 Å². The van der Waals surface area contributed by atoms with Crippen LogP contribution in [0.25, 0.3) is 11.3 Å². The fraction of sp³-hybridized carbons (Fsp3) is 0.455. The Balaban J connectivity index is 1.66. The molecule has 1 aromatic carbocycles.